The molecule has 0 unspecified atom stereocenters. The number of H-pyrrole nitrogens is 1. The number of nitrogens with one attached hydrogen (secondary N) is 2. The maximum Gasteiger partial charge on any atom is 0.119 e. The topological polar surface area (TPSA) is 49.9 Å². The number of aryl methyl sites for hydroxylation is 2. The Bertz CT molecular complexity index is 807. The molecular weight excluding hydrogens is 286 g/mol. The number of methoxy groups -OCH3 is 1. The number of rotatable bonds is 6. The molecule has 2 N–H and O–H groups in total. The molecule has 0 saturated carbocycles. The van der Waals surface area contributed by atoms with Crippen molar-refractivity contribution in [3.05, 3.63) is 59.0 Å². The molecule has 3 aromatic rings. The first kappa shape index (κ1) is 15.6. The number of nitrogens with zero attached hydrogens (tertiary/aromatic N) is 1. The Labute approximate surface area is 136 Å². The number of fused-ring (bicyclic) bond motifs is 1. The molecule has 0 bridgehead atoms. The van der Waals surface area contributed by atoms with Crippen LogP contribution in [0.5, 0.6) is 5.75 Å². The summed E-state index contributed by atoms with van der Waals surface area (Å²) in [4.78, 5) is 7.96. The van der Waals surface area contributed by atoms with Crippen molar-refractivity contribution in [1.82, 2.24) is 15.3 Å². The Morgan fingerprint density at radius 3 is 2.83 bits per heavy atom. The van der Waals surface area contributed by atoms with Gasteiger partial charge in [-0.2, -0.15) is 0 Å². The van der Waals surface area contributed by atoms with Crippen molar-refractivity contribution >= 4 is 10.9 Å². The van der Waals surface area contributed by atoms with E-state index in [0.717, 1.165) is 36.6 Å². The molecule has 4 nitrogen and oxygen atoms in total. The standard InChI is InChI=1S/C19H23N3O/c1-13-5-4-6-15(21-13)12-20-10-9-17-14(2)22-19-8-7-16(23-3)11-18(17)19/h4-8,11,20,22H,9-10,12H2,1-3H3. The first-order chi connectivity index (χ1) is 11.2. The lowest BCUT2D eigenvalue weighted by atomic mass is 10.1. The second-order valence-electron chi connectivity index (χ2n) is 5.84. The van der Waals surface area contributed by atoms with Crippen molar-refractivity contribution in [2.24, 2.45) is 0 Å². The quantitative estimate of drug-likeness (QED) is 0.685. The van der Waals surface area contributed by atoms with E-state index in [2.05, 4.69) is 46.5 Å². The highest BCUT2D eigenvalue weighted by atomic mass is 16.5. The minimum Gasteiger partial charge on any atom is -0.497 e. The zero-order chi connectivity index (χ0) is 16.2. The minimum atomic E-state index is 0.798. The highest BCUT2D eigenvalue weighted by molar-refractivity contribution is 5.86. The summed E-state index contributed by atoms with van der Waals surface area (Å²) >= 11 is 0. The molecule has 23 heavy (non-hydrogen) atoms. The second kappa shape index (κ2) is 6.84. The van der Waals surface area contributed by atoms with Crippen LogP contribution in [0.4, 0.5) is 0 Å². The molecule has 120 valence electrons. The van der Waals surface area contributed by atoms with Gasteiger partial charge in [0, 0.05) is 28.8 Å². The number of hydrogen-bond acceptors (Lipinski definition) is 3. The number of hydrogen-bond donors (Lipinski definition) is 2. The fraction of sp³-hybridized carbons (Fsp3) is 0.316. The van der Waals surface area contributed by atoms with E-state index in [1.165, 1.54) is 22.2 Å². The molecule has 0 aliphatic rings. The van der Waals surface area contributed by atoms with E-state index in [1.54, 1.807) is 7.11 Å². The Kier molecular flexibility index (Phi) is 4.63. The van der Waals surface area contributed by atoms with Crippen LogP contribution in [0.3, 0.4) is 0 Å². The summed E-state index contributed by atoms with van der Waals surface area (Å²) in [6.45, 7) is 5.86. The van der Waals surface area contributed by atoms with Gasteiger partial charge >= 0.3 is 0 Å². The molecule has 0 amide bonds. The summed E-state index contributed by atoms with van der Waals surface area (Å²) in [5.74, 6) is 0.898. The lowest BCUT2D eigenvalue weighted by Crippen LogP contribution is -2.17. The van der Waals surface area contributed by atoms with Crippen molar-refractivity contribution in [3.63, 3.8) is 0 Å². The largest absolute Gasteiger partial charge is 0.497 e. The molecule has 0 fully saturated rings. The smallest absolute Gasteiger partial charge is 0.119 e. The molecule has 0 radical (unpaired) electrons. The van der Waals surface area contributed by atoms with Crippen LogP contribution in [0.25, 0.3) is 10.9 Å². The molecule has 4 heteroatoms. The van der Waals surface area contributed by atoms with Gasteiger partial charge in [-0.25, -0.2) is 0 Å². The number of benzene rings is 1. The molecule has 2 aromatic heterocycles. The molecule has 0 spiro atoms. The third-order valence-electron chi connectivity index (χ3n) is 4.13. The van der Waals surface area contributed by atoms with Crippen LogP contribution < -0.4 is 10.1 Å². The molecule has 1 aromatic carbocycles. The van der Waals surface area contributed by atoms with Crippen LogP contribution in [0.15, 0.2) is 36.4 Å². The van der Waals surface area contributed by atoms with Gasteiger partial charge in [0.1, 0.15) is 5.75 Å². The van der Waals surface area contributed by atoms with E-state index < -0.39 is 0 Å². The van der Waals surface area contributed by atoms with Gasteiger partial charge in [-0.1, -0.05) is 6.07 Å². The Balaban J connectivity index is 1.66. The molecule has 0 aliphatic carbocycles. The lowest BCUT2D eigenvalue weighted by Gasteiger charge is -2.06. The van der Waals surface area contributed by atoms with Gasteiger partial charge < -0.3 is 15.0 Å². The van der Waals surface area contributed by atoms with Gasteiger partial charge in [-0.15, -0.1) is 0 Å². The predicted molar refractivity (Wildman–Crippen MR) is 94.0 cm³/mol. The van der Waals surface area contributed by atoms with Crippen molar-refractivity contribution in [1.29, 1.82) is 0 Å². The van der Waals surface area contributed by atoms with Gasteiger partial charge in [-0.05, 0) is 62.7 Å². The van der Waals surface area contributed by atoms with E-state index in [9.17, 15) is 0 Å². The van der Waals surface area contributed by atoms with Crippen LogP contribution in [-0.4, -0.2) is 23.6 Å². The van der Waals surface area contributed by atoms with Crippen LogP contribution in [-0.2, 0) is 13.0 Å². The predicted octanol–water partition coefficient (Wildman–Crippen LogP) is 3.52. The van der Waals surface area contributed by atoms with Crippen LogP contribution >= 0.6 is 0 Å². The number of ether oxygens (including phenoxy) is 1. The summed E-state index contributed by atoms with van der Waals surface area (Å²) in [7, 11) is 1.71. The van der Waals surface area contributed by atoms with E-state index in [-0.39, 0.29) is 0 Å². The number of aromatic amines is 1. The highest BCUT2D eigenvalue weighted by Gasteiger charge is 2.09. The summed E-state index contributed by atoms with van der Waals surface area (Å²) in [6.07, 6.45) is 0.977. The maximum absolute atomic E-state index is 5.34. The van der Waals surface area contributed by atoms with Crippen molar-refractivity contribution < 1.29 is 4.74 Å². The van der Waals surface area contributed by atoms with E-state index in [0.29, 0.717) is 0 Å². The first-order valence-electron chi connectivity index (χ1n) is 7.96. The summed E-state index contributed by atoms with van der Waals surface area (Å²) in [5, 5.41) is 4.73. The fourth-order valence-electron chi connectivity index (χ4n) is 2.94. The van der Waals surface area contributed by atoms with E-state index >= 15 is 0 Å². The highest BCUT2D eigenvalue weighted by Crippen LogP contribution is 2.26. The van der Waals surface area contributed by atoms with Gasteiger partial charge in [-0.3, -0.25) is 4.98 Å². The molecular formula is C19H23N3O. The van der Waals surface area contributed by atoms with Gasteiger partial charge in [0.15, 0.2) is 0 Å². The minimum absolute atomic E-state index is 0.798. The average molecular weight is 309 g/mol. The zero-order valence-corrected chi connectivity index (χ0v) is 13.9. The molecule has 0 saturated heterocycles. The zero-order valence-electron chi connectivity index (χ0n) is 13.9. The molecule has 2 heterocycles. The third-order valence-corrected chi connectivity index (χ3v) is 4.13. The van der Waals surface area contributed by atoms with Gasteiger partial charge in [0.05, 0.1) is 12.8 Å². The fourth-order valence-corrected chi connectivity index (χ4v) is 2.94. The third kappa shape index (κ3) is 3.54. The van der Waals surface area contributed by atoms with Gasteiger partial charge in [0.25, 0.3) is 0 Å². The Morgan fingerprint density at radius 1 is 1.17 bits per heavy atom. The molecule has 3 rings (SSSR count). The van der Waals surface area contributed by atoms with Crippen molar-refractivity contribution in [3.8, 4) is 5.75 Å². The normalized spacial score (nSPS) is 11.1. The lowest BCUT2D eigenvalue weighted by molar-refractivity contribution is 0.415. The average Bonchev–Trinajstić information content (AvgIpc) is 2.86. The summed E-state index contributed by atoms with van der Waals surface area (Å²) < 4.78 is 5.34. The van der Waals surface area contributed by atoms with Gasteiger partial charge in [0.2, 0.25) is 0 Å². The Morgan fingerprint density at radius 2 is 2.04 bits per heavy atom. The number of pyridine rings is 1. The SMILES string of the molecule is COc1ccc2[nH]c(C)c(CCNCc3cccc(C)n3)c2c1. The monoisotopic (exact) mass is 309 g/mol. The van der Waals surface area contributed by atoms with E-state index in [1.807, 2.05) is 19.1 Å². The van der Waals surface area contributed by atoms with Crippen LogP contribution in [0.2, 0.25) is 0 Å². The number of aromatic nitrogens is 2. The van der Waals surface area contributed by atoms with Crippen molar-refractivity contribution in [2.45, 2.75) is 26.8 Å². The maximum atomic E-state index is 5.34. The first-order valence-corrected chi connectivity index (χ1v) is 7.96. The van der Waals surface area contributed by atoms with Crippen molar-refractivity contribution in [2.75, 3.05) is 13.7 Å². The summed E-state index contributed by atoms with van der Waals surface area (Å²) in [5.41, 5.74) is 5.89. The second-order valence-corrected chi connectivity index (χ2v) is 5.84. The van der Waals surface area contributed by atoms with Crippen LogP contribution in [0.1, 0.15) is 22.6 Å². The molecule has 0 atom stereocenters. The van der Waals surface area contributed by atoms with Crippen LogP contribution in [0, 0.1) is 13.8 Å². The Hall–Kier alpha value is -2.33. The summed E-state index contributed by atoms with van der Waals surface area (Å²) in [6, 6.07) is 12.3. The molecule has 0 aliphatic heterocycles. The van der Waals surface area contributed by atoms with E-state index in [4.69, 9.17) is 4.74 Å².